The monoisotopic (exact) mass is 265 g/mol. The van der Waals surface area contributed by atoms with Crippen LogP contribution in [0.5, 0.6) is 0 Å². The number of ether oxygens (including phenoxy) is 1. The van der Waals surface area contributed by atoms with Crippen LogP contribution in [0.15, 0.2) is 16.7 Å². The number of hydrogen-bond donors (Lipinski definition) is 1. The predicted molar refractivity (Wildman–Crippen MR) is 76.8 cm³/mol. The molecule has 0 bridgehead atoms. The highest BCUT2D eigenvalue weighted by molar-refractivity contribution is 5.11. The lowest BCUT2D eigenvalue weighted by atomic mass is 9.71. The average Bonchev–Trinajstić information content (AvgIpc) is 2.72. The maximum absolute atomic E-state index is 6.05. The van der Waals surface area contributed by atoms with Gasteiger partial charge in [-0.3, -0.25) is 0 Å². The van der Waals surface area contributed by atoms with Crippen LogP contribution in [0, 0.1) is 11.3 Å². The molecule has 3 nitrogen and oxygen atoms in total. The Morgan fingerprint density at radius 2 is 2.21 bits per heavy atom. The summed E-state index contributed by atoms with van der Waals surface area (Å²) in [6.07, 6.45) is 5.81. The van der Waals surface area contributed by atoms with Crippen molar-refractivity contribution in [1.29, 1.82) is 0 Å². The summed E-state index contributed by atoms with van der Waals surface area (Å²) < 4.78 is 11.6. The molecule has 2 atom stereocenters. The van der Waals surface area contributed by atoms with Crippen LogP contribution < -0.4 is 5.32 Å². The summed E-state index contributed by atoms with van der Waals surface area (Å²) >= 11 is 0. The minimum Gasteiger partial charge on any atom is -0.467 e. The smallest absolute Gasteiger partial charge is 0.129 e. The van der Waals surface area contributed by atoms with Crippen LogP contribution in [0.2, 0.25) is 0 Å². The topological polar surface area (TPSA) is 34.4 Å². The van der Waals surface area contributed by atoms with Crippen molar-refractivity contribution in [2.24, 2.45) is 11.3 Å². The van der Waals surface area contributed by atoms with E-state index in [2.05, 4.69) is 32.2 Å². The Hall–Kier alpha value is -0.800. The molecule has 3 heteroatoms. The van der Waals surface area contributed by atoms with Crippen LogP contribution in [0.25, 0.3) is 0 Å². The molecule has 1 heterocycles. The second-order valence-electron chi connectivity index (χ2n) is 6.80. The molecule has 1 fully saturated rings. The fourth-order valence-electron chi connectivity index (χ4n) is 3.38. The van der Waals surface area contributed by atoms with Gasteiger partial charge in [-0.2, -0.15) is 0 Å². The Morgan fingerprint density at radius 1 is 1.42 bits per heavy atom. The molecule has 1 aromatic rings. The standard InChI is InChI=1S/C16H27NO2/c1-12-5-14(8-16(2,3)7-12)19-11-15-6-13(9-17-4)10-18-15/h6,10,12,14,17H,5,7-9,11H2,1-4H3. The van der Waals surface area contributed by atoms with E-state index in [9.17, 15) is 0 Å². The number of furan rings is 1. The lowest BCUT2D eigenvalue weighted by Gasteiger charge is -2.38. The predicted octanol–water partition coefficient (Wildman–Crippen LogP) is 3.73. The van der Waals surface area contributed by atoms with Gasteiger partial charge in [-0.1, -0.05) is 20.8 Å². The summed E-state index contributed by atoms with van der Waals surface area (Å²) in [4.78, 5) is 0. The third kappa shape index (κ3) is 4.36. The minimum atomic E-state index is 0.372. The Balaban J connectivity index is 1.84. The summed E-state index contributed by atoms with van der Waals surface area (Å²) in [6.45, 7) is 8.46. The van der Waals surface area contributed by atoms with E-state index in [4.69, 9.17) is 9.15 Å². The van der Waals surface area contributed by atoms with E-state index in [-0.39, 0.29) is 0 Å². The Labute approximate surface area is 116 Å². The molecule has 2 rings (SSSR count). The molecular weight excluding hydrogens is 238 g/mol. The SMILES string of the molecule is CNCc1coc(COC2CC(C)CC(C)(C)C2)c1. The normalized spacial score (nSPS) is 26.5. The van der Waals surface area contributed by atoms with Gasteiger partial charge in [0.25, 0.3) is 0 Å². The summed E-state index contributed by atoms with van der Waals surface area (Å²) in [6, 6.07) is 2.08. The second kappa shape index (κ2) is 6.10. The highest BCUT2D eigenvalue weighted by atomic mass is 16.5. The van der Waals surface area contributed by atoms with Gasteiger partial charge in [-0.15, -0.1) is 0 Å². The Morgan fingerprint density at radius 3 is 2.89 bits per heavy atom. The fourth-order valence-corrected chi connectivity index (χ4v) is 3.38. The van der Waals surface area contributed by atoms with Crippen LogP contribution in [0.4, 0.5) is 0 Å². The molecule has 0 aliphatic heterocycles. The minimum absolute atomic E-state index is 0.372. The summed E-state index contributed by atoms with van der Waals surface area (Å²) in [5.74, 6) is 1.69. The van der Waals surface area contributed by atoms with Gasteiger partial charge in [-0.05, 0) is 43.7 Å². The summed E-state index contributed by atoms with van der Waals surface area (Å²) in [5.41, 5.74) is 1.58. The van der Waals surface area contributed by atoms with Gasteiger partial charge in [0, 0.05) is 12.1 Å². The molecule has 1 N–H and O–H groups in total. The molecule has 0 saturated heterocycles. The Bertz CT molecular complexity index is 397. The van der Waals surface area contributed by atoms with E-state index >= 15 is 0 Å². The number of hydrogen-bond acceptors (Lipinski definition) is 3. The van der Waals surface area contributed by atoms with E-state index in [1.54, 1.807) is 0 Å². The van der Waals surface area contributed by atoms with Gasteiger partial charge in [0.15, 0.2) is 0 Å². The number of nitrogens with one attached hydrogen (secondary N) is 1. The maximum atomic E-state index is 6.05. The van der Waals surface area contributed by atoms with Crippen molar-refractivity contribution < 1.29 is 9.15 Å². The molecular formula is C16H27NO2. The first kappa shape index (κ1) is 14.6. The Kier molecular flexibility index (Phi) is 4.69. The quantitative estimate of drug-likeness (QED) is 0.881. The van der Waals surface area contributed by atoms with E-state index in [0.717, 1.165) is 24.6 Å². The van der Waals surface area contributed by atoms with Crippen LogP contribution in [-0.4, -0.2) is 13.2 Å². The van der Waals surface area contributed by atoms with Crippen molar-refractivity contribution in [1.82, 2.24) is 5.32 Å². The lowest BCUT2D eigenvalue weighted by molar-refractivity contribution is -0.0368. The first-order valence-electron chi connectivity index (χ1n) is 7.31. The third-order valence-corrected chi connectivity index (χ3v) is 3.90. The third-order valence-electron chi connectivity index (χ3n) is 3.90. The van der Waals surface area contributed by atoms with Gasteiger partial charge >= 0.3 is 0 Å². The first-order chi connectivity index (χ1) is 8.98. The molecule has 108 valence electrons. The van der Waals surface area contributed by atoms with Crippen molar-refractivity contribution in [2.75, 3.05) is 7.05 Å². The van der Waals surface area contributed by atoms with E-state index in [1.165, 1.54) is 18.4 Å². The van der Waals surface area contributed by atoms with Gasteiger partial charge in [0.2, 0.25) is 0 Å². The van der Waals surface area contributed by atoms with Gasteiger partial charge in [-0.25, -0.2) is 0 Å². The van der Waals surface area contributed by atoms with Gasteiger partial charge in [0.1, 0.15) is 12.4 Å². The number of rotatable bonds is 5. The molecule has 1 aliphatic carbocycles. The zero-order valence-electron chi connectivity index (χ0n) is 12.7. The zero-order valence-corrected chi connectivity index (χ0v) is 12.7. The van der Waals surface area contributed by atoms with Gasteiger partial charge in [0.05, 0.1) is 12.4 Å². The largest absolute Gasteiger partial charge is 0.467 e. The molecule has 2 unspecified atom stereocenters. The average molecular weight is 265 g/mol. The van der Waals surface area contributed by atoms with Gasteiger partial charge < -0.3 is 14.5 Å². The van der Waals surface area contributed by atoms with Crippen molar-refractivity contribution in [3.8, 4) is 0 Å². The molecule has 1 saturated carbocycles. The van der Waals surface area contributed by atoms with Crippen LogP contribution in [0.3, 0.4) is 0 Å². The van der Waals surface area contributed by atoms with Crippen LogP contribution in [-0.2, 0) is 17.9 Å². The molecule has 0 aromatic carbocycles. The summed E-state index contributed by atoms with van der Waals surface area (Å²) in [5, 5.41) is 3.12. The fraction of sp³-hybridized carbons (Fsp3) is 0.750. The van der Waals surface area contributed by atoms with E-state index < -0.39 is 0 Å². The molecule has 1 aliphatic rings. The highest BCUT2D eigenvalue weighted by Gasteiger charge is 2.32. The van der Waals surface area contributed by atoms with Crippen molar-refractivity contribution >= 4 is 0 Å². The molecule has 1 aromatic heterocycles. The molecule has 19 heavy (non-hydrogen) atoms. The lowest BCUT2D eigenvalue weighted by Crippen LogP contribution is -2.32. The van der Waals surface area contributed by atoms with E-state index in [0.29, 0.717) is 18.1 Å². The first-order valence-corrected chi connectivity index (χ1v) is 7.31. The highest BCUT2D eigenvalue weighted by Crippen LogP contribution is 2.39. The molecule has 0 spiro atoms. The zero-order chi connectivity index (χ0) is 13.9. The van der Waals surface area contributed by atoms with Crippen molar-refractivity contribution in [3.05, 3.63) is 23.7 Å². The second-order valence-corrected chi connectivity index (χ2v) is 6.80. The molecule has 0 radical (unpaired) electrons. The summed E-state index contributed by atoms with van der Waals surface area (Å²) in [7, 11) is 1.94. The van der Waals surface area contributed by atoms with Crippen LogP contribution in [0.1, 0.15) is 51.4 Å². The van der Waals surface area contributed by atoms with Crippen LogP contribution >= 0.6 is 0 Å². The van der Waals surface area contributed by atoms with Crippen molar-refractivity contribution in [3.63, 3.8) is 0 Å². The van der Waals surface area contributed by atoms with Crippen molar-refractivity contribution in [2.45, 2.75) is 59.3 Å². The van der Waals surface area contributed by atoms with E-state index in [1.807, 2.05) is 13.3 Å². The molecule has 0 amide bonds. The maximum Gasteiger partial charge on any atom is 0.129 e.